The highest BCUT2D eigenvalue weighted by molar-refractivity contribution is 5.78. The third-order valence-electron chi connectivity index (χ3n) is 5.95. The van der Waals surface area contributed by atoms with Crippen molar-refractivity contribution in [3.05, 3.63) is 64.6 Å². The topological polar surface area (TPSA) is 37.8 Å². The zero-order valence-electron chi connectivity index (χ0n) is 18.5. The second kappa shape index (κ2) is 9.50. The minimum absolute atomic E-state index is 0.0727. The van der Waals surface area contributed by atoms with Crippen molar-refractivity contribution >= 4 is 17.1 Å². The van der Waals surface area contributed by atoms with Gasteiger partial charge >= 0.3 is 0 Å². The highest BCUT2D eigenvalue weighted by atomic mass is 19.1. The van der Waals surface area contributed by atoms with E-state index in [2.05, 4.69) is 22.2 Å². The highest BCUT2D eigenvalue weighted by Crippen LogP contribution is 2.50. The number of aromatic nitrogens is 2. The predicted octanol–water partition coefficient (Wildman–Crippen LogP) is 7.24. The number of fused-ring (bicyclic) bond motifs is 1. The normalized spacial score (nSPS) is 19.8. The van der Waals surface area contributed by atoms with Crippen LogP contribution in [0.4, 0.5) is 14.6 Å². The van der Waals surface area contributed by atoms with E-state index >= 15 is 0 Å². The molecule has 0 aliphatic heterocycles. The minimum Gasteiger partial charge on any atom is -0.338 e. The van der Waals surface area contributed by atoms with E-state index in [1.165, 1.54) is 48.6 Å². The van der Waals surface area contributed by atoms with Gasteiger partial charge in [-0.1, -0.05) is 37.5 Å². The van der Waals surface area contributed by atoms with Crippen molar-refractivity contribution in [2.45, 2.75) is 60.3 Å². The Morgan fingerprint density at radius 3 is 2.33 bits per heavy atom. The van der Waals surface area contributed by atoms with E-state index in [0.717, 1.165) is 23.6 Å². The molecule has 160 valence electrons. The third-order valence-corrected chi connectivity index (χ3v) is 5.95. The Balaban J connectivity index is 0.00000124. The largest absolute Gasteiger partial charge is 0.338 e. The Morgan fingerprint density at radius 2 is 1.73 bits per heavy atom. The van der Waals surface area contributed by atoms with Crippen molar-refractivity contribution in [1.29, 1.82) is 0 Å². The van der Waals surface area contributed by atoms with Gasteiger partial charge in [0.2, 0.25) is 0 Å². The summed E-state index contributed by atoms with van der Waals surface area (Å²) in [6, 6.07) is 3.87. The van der Waals surface area contributed by atoms with Gasteiger partial charge in [-0.15, -0.1) is 0 Å². The van der Waals surface area contributed by atoms with Crippen LogP contribution >= 0.6 is 0 Å². The molecule has 2 atom stereocenters. The maximum Gasteiger partial charge on any atom is 0.148 e. The molecular weight excluding hydrogens is 380 g/mol. The maximum atomic E-state index is 14.2. The number of nitrogens with zero attached hydrogens (tertiary/aromatic N) is 2. The van der Waals surface area contributed by atoms with Gasteiger partial charge in [0, 0.05) is 0 Å². The van der Waals surface area contributed by atoms with Crippen molar-refractivity contribution in [1.82, 2.24) is 9.97 Å². The lowest BCUT2D eigenvalue weighted by Crippen LogP contribution is -2.08. The van der Waals surface area contributed by atoms with Crippen LogP contribution in [-0.2, 0) is 0 Å². The molecule has 0 spiro atoms. The molecule has 5 heteroatoms. The van der Waals surface area contributed by atoms with E-state index in [1.807, 2.05) is 27.7 Å². The summed E-state index contributed by atoms with van der Waals surface area (Å²) in [6.45, 7) is 9.82. The van der Waals surface area contributed by atoms with Gasteiger partial charge in [0.25, 0.3) is 0 Å². The fourth-order valence-corrected chi connectivity index (χ4v) is 4.72. The number of halogens is 2. The van der Waals surface area contributed by atoms with Crippen molar-refractivity contribution < 1.29 is 8.78 Å². The maximum absolute atomic E-state index is 14.2. The van der Waals surface area contributed by atoms with Gasteiger partial charge < -0.3 is 5.32 Å². The van der Waals surface area contributed by atoms with Crippen LogP contribution in [0, 0.1) is 23.5 Å². The smallest absolute Gasteiger partial charge is 0.148 e. The monoisotopic (exact) mass is 411 g/mol. The van der Waals surface area contributed by atoms with Crippen molar-refractivity contribution in [2.24, 2.45) is 11.8 Å². The molecule has 30 heavy (non-hydrogen) atoms. The Labute approximate surface area is 178 Å². The van der Waals surface area contributed by atoms with Crippen LogP contribution in [0.2, 0.25) is 0 Å². The molecule has 4 rings (SSSR count). The molecule has 2 unspecified atom stereocenters. The summed E-state index contributed by atoms with van der Waals surface area (Å²) in [7, 11) is 0. The average molecular weight is 412 g/mol. The standard InChI is InChI=1S/C23H25F2N3.C2H6/c1-13(2)23(22-17(24)8-5-9-18(22)25)28-20-12-26-19(11-27-20)21-14(3)10-15-6-4-7-16(15)21;1-2/h5,8-9,11-12,15-16H,4,6-7,10H2,1-3H3,(H,27,28);1-2H3. The number of hydrogen-bond donors (Lipinski definition) is 1. The summed E-state index contributed by atoms with van der Waals surface area (Å²) in [5, 5.41) is 3.06. The van der Waals surface area contributed by atoms with E-state index in [1.54, 1.807) is 12.4 Å². The number of anilines is 1. The predicted molar refractivity (Wildman–Crippen MR) is 120 cm³/mol. The van der Waals surface area contributed by atoms with Crippen LogP contribution in [0.5, 0.6) is 0 Å². The Bertz CT molecular complexity index is 937. The van der Waals surface area contributed by atoms with Crippen molar-refractivity contribution in [3.63, 3.8) is 0 Å². The molecule has 1 heterocycles. The van der Waals surface area contributed by atoms with E-state index in [0.29, 0.717) is 17.4 Å². The third kappa shape index (κ3) is 4.30. The van der Waals surface area contributed by atoms with E-state index in [9.17, 15) is 8.78 Å². The van der Waals surface area contributed by atoms with Crippen molar-refractivity contribution in [3.8, 4) is 0 Å². The average Bonchev–Trinajstić information content (AvgIpc) is 3.29. The summed E-state index contributed by atoms with van der Waals surface area (Å²) < 4.78 is 28.5. The van der Waals surface area contributed by atoms with E-state index in [4.69, 9.17) is 0 Å². The zero-order chi connectivity index (χ0) is 21.8. The summed E-state index contributed by atoms with van der Waals surface area (Å²) in [5.74, 6) is 0.631. The first-order valence-electron chi connectivity index (χ1n) is 10.9. The summed E-state index contributed by atoms with van der Waals surface area (Å²) in [6.07, 6.45) is 8.42. The number of nitrogens with one attached hydrogen (secondary N) is 1. The van der Waals surface area contributed by atoms with Crippen LogP contribution < -0.4 is 5.32 Å². The summed E-state index contributed by atoms with van der Waals surface area (Å²) >= 11 is 0. The lowest BCUT2D eigenvalue weighted by Gasteiger charge is -2.16. The molecule has 0 saturated heterocycles. The SMILES string of the molecule is CC.CC(C)=C(Nc1cnc(C2=C(C)CC3CCCC23)cn1)c1c(F)cccc1F. The molecule has 1 N–H and O–H groups in total. The number of rotatable bonds is 4. The Morgan fingerprint density at radius 1 is 1.03 bits per heavy atom. The Kier molecular flexibility index (Phi) is 7.01. The molecule has 0 bridgehead atoms. The molecule has 1 aromatic carbocycles. The molecular formula is C25H31F2N3. The fraction of sp³-hybridized carbons (Fsp3) is 0.440. The van der Waals surface area contributed by atoms with Gasteiger partial charge in [0.1, 0.15) is 17.5 Å². The minimum atomic E-state index is -0.604. The second-order valence-electron chi connectivity index (χ2n) is 8.08. The molecule has 2 aliphatic rings. The number of hydrogen-bond acceptors (Lipinski definition) is 3. The van der Waals surface area contributed by atoms with Gasteiger partial charge in [-0.3, -0.25) is 4.98 Å². The summed E-state index contributed by atoms with van der Waals surface area (Å²) in [5.41, 5.74) is 4.76. The molecule has 2 aromatic rings. The molecule has 2 aliphatic carbocycles. The first kappa shape index (κ1) is 22.1. The quantitative estimate of drug-likeness (QED) is 0.576. The number of benzene rings is 1. The van der Waals surface area contributed by atoms with Crippen LogP contribution in [0.25, 0.3) is 11.3 Å². The van der Waals surface area contributed by atoms with Gasteiger partial charge in [-0.05, 0) is 69.6 Å². The highest BCUT2D eigenvalue weighted by Gasteiger charge is 2.37. The first-order valence-corrected chi connectivity index (χ1v) is 10.9. The van der Waals surface area contributed by atoms with Gasteiger partial charge in [-0.2, -0.15) is 0 Å². The first-order chi connectivity index (χ1) is 14.5. The molecule has 3 nitrogen and oxygen atoms in total. The molecule has 0 radical (unpaired) electrons. The van der Waals surface area contributed by atoms with Crippen LogP contribution in [0.15, 0.2) is 41.7 Å². The zero-order valence-corrected chi connectivity index (χ0v) is 18.5. The lowest BCUT2D eigenvalue weighted by atomic mass is 9.93. The summed E-state index contributed by atoms with van der Waals surface area (Å²) in [4.78, 5) is 9.12. The van der Waals surface area contributed by atoms with Crippen LogP contribution in [0.3, 0.4) is 0 Å². The van der Waals surface area contributed by atoms with E-state index < -0.39 is 11.6 Å². The van der Waals surface area contributed by atoms with Crippen LogP contribution in [-0.4, -0.2) is 9.97 Å². The lowest BCUT2D eigenvalue weighted by molar-refractivity contribution is 0.498. The molecule has 1 aromatic heterocycles. The second-order valence-corrected chi connectivity index (χ2v) is 8.08. The van der Waals surface area contributed by atoms with Crippen LogP contribution in [0.1, 0.15) is 71.6 Å². The molecule has 0 amide bonds. The molecule has 1 saturated carbocycles. The van der Waals surface area contributed by atoms with Gasteiger partial charge in [0.15, 0.2) is 0 Å². The molecule has 1 fully saturated rings. The van der Waals surface area contributed by atoms with E-state index in [-0.39, 0.29) is 5.56 Å². The van der Waals surface area contributed by atoms with Crippen molar-refractivity contribution in [2.75, 3.05) is 5.32 Å². The fourth-order valence-electron chi connectivity index (χ4n) is 4.72. The Hall–Kier alpha value is -2.56. The van der Waals surface area contributed by atoms with Gasteiger partial charge in [0.05, 0.1) is 29.3 Å². The number of allylic oxidation sites excluding steroid dienone is 3. The van der Waals surface area contributed by atoms with Gasteiger partial charge in [-0.25, -0.2) is 13.8 Å².